The summed E-state index contributed by atoms with van der Waals surface area (Å²) in [6.07, 6.45) is 3.48. The summed E-state index contributed by atoms with van der Waals surface area (Å²) >= 11 is 6.07. The summed E-state index contributed by atoms with van der Waals surface area (Å²) < 4.78 is 10.8. The van der Waals surface area contributed by atoms with E-state index in [9.17, 15) is 0 Å². The number of benzene rings is 1. The molecular weight excluding hydrogens is 262 g/mol. The highest BCUT2D eigenvalue weighted by Crippen LogP contribution is 2.30. The van der Waals surface area contributed by atoms with E-state index in [0.29, 0.717) is 5.02 Å². The van der Waals surface area contributed by atoms with Crippen molar-refractivity contribution in [2.75, 3.05) is 14.2 Å². The Kier molecular flexibility index (Phi) is 4.88. The molecule has 1 N–H and O–H groups in total. The van der Waals surface area contributed by atoms with Gasteiger partial charge in [-0.2, -0.15) is 0 Å². The van der Waals surface area contributed by atoms with Crippen LogP contribution in [0.25, 0.3) is 0 Å². The molecule has 0 aliphatic carbocycles. The average Bonchev–Trinajstić information content (AvgIpc) is 2.93. The third-order valence-corrected chi connectivity index (χ3v) is 3.41. The summed E-state index contributed by atoms with van der Waals surface area (Å²) in [7, 11) is 3.61. The molecule has 3 nitrogen and oxygen atoms in total. The molecule has 1 atom stereocenters. The maximum absolute atomic E-state index is 6.07. The molecule has 0 aliphatic rings. The van der Waals surface area contributed by atoms with Crippen molar-refractivity contribution in [1.82, 2.24) is 5.32 Å². The van der Waals surface area contributed by atoms with E-state index in [1.165, 1.54) is 0 Å². The number of halogens is 1. The first-order chi connectivity index (χ1) is 9.24. The van der Waals surface area contributed by atoms with E-state index in [1.54, 1.807) is 13.4 Å². The van der Waals surface area contributed by atoms with Gasteiger partial charge in [-0.25, -0.2) is 0 Å². The van der Waals surface area contributed by atoms with Crippen LogP contribution in [-0.4, -0.2) is 14.2 Å². The second kappa shape index (κ2) is 6.64. The van der Waals surface area contributed by atoms with Crippen molar-refractivity contribution in [2.24, 2.45) is 0 Å². The summed E-state index contributed by atoms with van der Waals surface area (Å²) in [6, 6.07) is 9.76. The lowest BCUT2D eigenvalue weighted by molar-refractivity contribution is 0.396. The number of hydrogen-bond acceptors (Lipinski definition) is 3. The largest absolute Gasteiger partial charge is 0.496 e. The van der Waals surface area contributed by atoms with E-state index in [4.69, 9.17) is 20.8 Å². The second-order valence-corrected chi connectivity index (χ2v) is 4.78. The maximum Gasteiger partial charge on any atom is 0.123 e. The Morgan fingerprint density at radius 1 is 1.37 bits per heavy atom. The van der Waals surface area contributed by atoms with Crippen molar-refractivity contribution in [3.8, 4) is 5.75 Å². The first-order valence-corrected chi connectivity index (χ1v) is 6.65. The van der Waals surface area contributed by atoms with Crippen LogP contribution in [0.3, 0.4) is 0 Å². The van der Waals surface area contributed by atoms with E-state index < -0.39 is 0 Å². The number of ether oxygens (including phenoxy) is 1. The normalized spacial score (nSPS) is 12.4. The lowest BCUT2D eigenvalue weighted by Gasteiger charge is -2.19. The number of hydrogen-bond donors (Lipinski definition) is 1. The van der Waals surface area contributed by atoms with Gasteiger partial charge in [0.2, 0.25) is 0 Å². The van der Waals surface area contributed by atoms with Gasteiger partial charge < -0.3 is 14.5 Å². The van der Waals surface area contributed by atoms with Gasteiger partial charge in [0.25, 0.3) is 0 Å². The fourth-order valence-electron chi connectivity index (χ4n) is 2.17. The van der Waals surface area contributed by atoms with Crippen LogP contribution in [0.2, 0.25) is 5.02 Å². The van der Waals surface area contributed by atoms with E-state index in [0.717, 1.165) is 29.9 Å². The molecule has 0 fully saturated rings. The fourth-order valence-corrected chi connectivity index (χ4v) is 2.35. The number of methoxy groups -OCH3 is 1. The quantitative estimate of drug-likeness (QED) is 0.872. The van der Waals surface area contributed by atoms with Crippen LogP contribution in [0.1, 0.15) is 23.8 Å². The van der Waals surface area contributed by atoms with Crippen molar-refractivity contribution in [2.45, 2.75) is 18.9 Å². The predicted octanol–water partition coefficient (Wildman–Crippen LogP) is 3.83. The molecule has 4 heteroatoms. The van der Waals surface area contributed by atoms with Gasteiger partial charge in [-0.05, 0) is 43.8 Å². The molecule has 102 valence electrons. The topological polar surface area (TPSA) is 34.4 Å². The van der Waals surface area contributed by atoms with Crippen LogP contribution in [0.5, 0.6) is 5.75 Å². The van der Waals surface area contributed by atoms with Crippen molar-refractivity contribution < 1.29 is 9.15 Å². The molecule has 1 heterocycles. The van der Waals surface area contributed by atoms with Gasteiger partial charge in [0, 0.05) is 23.0 Å². The molecule has 1 aromatic carbocycles. The molecular formula is C15H18ClNO2. The van der Waals surface area contributed by atoms with Crippen molar-refractivity contribution in [3.05, 3.63) is 52.9 Å². The molecule has 2 rings (SSSR count). The minimum absolute atomic E-state index is 0.179. The first kappa shape index (κ1) is 14.0. The Bertz CT molecular complexity index is 511. The van der Waals surface area contributed by atoms with Crippen molar-refractivity contribution >= 4 is 11.6 Å². The standard InChI is InChI=1S/C15H18ClNO2/c1-17-14(7-6-12-4-3-9-19-12)13-10-11(16)5-8-15(13)18-2/h3-5,8-10,14,17H,6-7H2,1-2H3. The highest BCUT2D eigenvalue weighted by molar-refractivity contribution is 6.30. The third kappa shape index (κ3) is 3.52. The van der Waals surface area contributed by atoms with Gasteiger partial charge in [-0.15, -0.1) is 0 Å². The highest BCUT2D eigenvalue weighted by atomic mass is 35.5. The molecule has 0 saturated carbocycles. The van der Waals surface area contributed by atoms with Crippen molar-refractivity contribution in [3.63, 3.8) is 0 Å². The Hall–Kier alpha value is -1.45. The Labute approximate surface area is 118 Å². The van der Waals surface area contributed by atoms with Crippen LogP contribution in [0.4, 0.5) is 0 Å². The predicted molar refractivity (Wildman–Crippen MR) is 76.8 cm³/mol. The zero-order chi connectivity index (χ0) is 13.7. The van der Waals surface area contributed by atoms with E-state index in [1.807, 2.05) is 37.4 Å². The van der Waals surface area contributed by atoms with E-state index in [-0.39, 0.29) is 6.04 Å². The minimum atomic E-state index is 0.179. The van der Waals surface area contributed by atoms with Crippen molar-refractivity contribution in [1.29, 1.82) is 0 Å². The lowest BCUT2D eigenvalue weighted by atomic mass is 10.0. The van der Waals surface area contributed by atoms with Crippen LogP contribution in [0.15, 0.2) is 41.0 Å². The molecule has 0 spiro atoms. The number of aryl methyl sites for hydroxylation is 1. The minimum Gasteiger partial charge on any atom is -0.496 e. The van der Waals surface area contributed by atoms with Gasteiger partial charge in [-0.3, -0.25) is 0 Å². The van der Waals surface area contributed by atoms with Gasteiger partial charge in [0.1, 0.15) is 11.5 Å². The fraction of sp³-hybridized carbons (Fsp3) is 0.333. The molecule has 0 saturated heterocycles. The van der Waals surface area contributed by atoms with Crippen LogP contribution >= 0.6 is 11.6 Å². The van der Waals surface area contributed by atoms with Gasteiger partial charge in [0.15, 0.2) is 0 Å². The van der Waals surface area contributed by atoms with Crippen LogP contribution < -0.4 is 10.1 Å². The second-order valence-electron chi connectivity index (χ2n) is 4.35. The van der Waals surface area contributed by atoms with E-state index >= 15 is 0 Å². The summed E-state index contributed by atoms with van der Waals surface area (Å²) in [6.45, 7) is 0. The van der Waals surface area contributed by atoms with Crippen LogP contribution in [-0.2, 0) is 6.42 Å². The summed E-state index contributed by atoms with van der Waals surface area (Å²) in [5, 5.41) is 4.02. The zero-order valence-corrected chi connectivity index (χ0v) is 11.9. The molecule has 0 bridgehead atoms. The maximum atomic E-state index is 6.07. The summed E-state index contributed by atoms with van der Waals surface area (Å²) in [5.74, 6) is 1.84. The number of furan rings is 1. The summed E-state index contributed by atoms with van der Waals surface area (Å²) in [4.78, 5) is 0. The summed E-state index contributed by atoms with van der Waals surface area (Å²) in [5.41, 5.74) is 1.07. The molecule has 0 amide bonds. The molecule has 1 unspecified atom stereocenters. The smallest absolute Gasteiger partial charge is 0.123 e. The zero-order valence-electron chi connectivity index (χ0n) is 11.2. The van der Waals surface area contributed by atoms with Gasteiger partial charge >= 0.3 is 0 Å². The molecule has 1 aromatic heterocycles. The Morgan fingerprint density at radius 3 is 2.84 bits per heavy atom. The molecule has 0 aliphatic heterocycles. The third-order valence-electron chi connectivity index (χ3n) is 3.18. The molecule has 0 radical (unpaired) electrons. The lowest BCUT2D eigenvalue weighted by Crippen LogP contribution is -2.18. The van der Waals surface area contributed by atoms with Gasteiger partial charge in [-0.1, -0.05) is 11.6 Å². The number of rotatable bonds is 6. The van der Waals surface area contributed by atoms with E-state index in [2.05, 4.69) is 5.32 Å². The van der Waals surface area contributed by atoms with Crippen LogP contribution in [0, 0.1) is 0 Å². The Balaban J connectivity index is 2.14. The highest BCUT2D eigenvalue weighted by Gasteiger charge is 2.15. The number of nitrogens with one attached hydrogen (secondary N) is 1. The average molecular weight is 280 g/mol. The molecule has 2 aromatic rings. The monoisotopic (exact) mass is 279 g/mol. The SMILES string of the molecule is CNC(CCc1ccco1)c1cc(Cl)ccc1OC. The Morgan fingerprint density at radius 2 is 2.21 bits per heavy atom. The molecule has 19 heavy (non-hydrogen) atoms. The van der Waals surface area contributed by atoms with Gasteiger partial charge in [0.05, 0.1) is 13.4 Å². The first-order valence-electron chi connectivity index (χ1n) is 6.27.